The Morgan fingerprint density at radius 1 is 1.31 bits per heavy atom. The van der Waals surface area contributed by atoms with Crippen LogP contribution in [0.4, 0.5) is 0 Å². The third-order valence-corrected chi connectivity index (χ3v) is 2.35. The highest BCUT2D eigenvalue weighted by atomic mass is 16.4. The molecule has 94 valence electrons. The molecule has 1 amide bonds. The number of carbonyl (C=O) groups excluding carboxylic acids is 2. The number of rotatable bonds is 6. The van der Waals surface area contributed by atoms with Crippen LogP contribution in [0.5, 0.6) is 0 Å². The van der Waals surface area contributed by atoms with E-state index in [9.17, 15) is 14.7 Å². The minimum Gasteiger partial charge on any atom is -0.550 e. The number of aliphatic carboxylic acids is 1. The summed E-state index contributed by atoms with van der Waals surface area (Å²) in [7, 11) is 5.91. The molecular formula is C11H22N2O3. The quantitative estimate of drug-likeness (QED) is 0.554. The molecule has 0 unspecified atom stereocenters. The number of likely N-dealkylation sites (N-methyl/N-ethyl adjacent to an activating group) is 2. The molecule has 0 N–H and O–H groups in total. The summed E-state index contributed by atoms with van der Waals surface area (Å²) in [5.74, 6) is -1.21. The average Bonchev–Trinajstić information content (AvgIpc) is 1.99. The molecule has 16 heavy (non-hydrogen) atoms. The number of hydrogen-bond acceptors (Lipinski definition) is 3. The first-order chi connectivity index (χ1) is 7.17. The molecule has 5 heteroatoms. The zero-order chi connectivity index (χ0) is 12.9. The number of hydrogen-bond donors (Lipinski definition) is 0. The lowest BCUT2D eigenvalue weighted by molar-refractivity contribution is -0.872. The van der Waals surface area contributed by atoms with Crippen LogP contribution in [0.2, 0.25) is 0 Å². The van der Waals surface area contributed by atoms with Gasteiger partial charge in [-0.15, -0.1) is 0 Å². The number of nitrogens with zero attached hydrogens (tertiary/aromatic N) is 2. The fourth-order valence-corrected chi connectivity index (χ4v) is 1.84. The van der Waals surface area contributed by atoms with Crippen LogP contribution in [0.15, 0.2) is 0 Å². The molecular weight excluding hydrogens is 208 g/mol. The van der Waals surface area contributed by atoms with Gasteiger partial charge in [0.1, 0.15) is 0 Å². The summed E-state index contributed by atoms with van der Waals surface area (Å²) in [6.07, 6.45) is -0.108. The third-order valence-electron chi connectivity index (χ3n) is 2.35. The Balaban J connectivity index is 4.76. The summed E-state index contributed by atoms with van der Waals surface area (Å²) in [5, 5.41) is 10.7. The van der Waals surface area contributed by atoms with Crippen LogP contribution in [0.3, 0.4) is 0 Å². The second-order valence-corrected chi connectivity index (χ2v) is 5.01. The van der Waals surface area contributed by atoms with Crippen molar-refractivity contribution in [3.8, 4) is 0 Å². The van der Waals surface area contributed by atoms with E-state index in [2.05, 4.69) is 0 Å². The Morgan fingerprint density at radius 3 is 2.06 bits per heavy atom. The van der Waals surface area contributed by atoms with Gasteiger partial charge in [-0.2, -0.15) is 0 Å². The Hall–Kier alpha value is -1.10. The van der Waals surface area contributed by atoms with Crippen molar-refractivity contribution in [2.24, 2.45) is 0 Å². The zero-order valence-corrected chi connectivity index (χ0v) is 10.8. The zero-order valence-electron chi connectivity index (χ0n) is 10.8. The molecule has 0 aromatic rings. The molecule has 0 heterocycles. The van der Waals surface area contributed by atoms with Crippen LogP contribution in [-0.2, 0) is 9.59 Å². The second kappa shape index (κ2) is 5.84. The first-order valence-electron chi connectivity index (χ1n) is 5.45. The van der Waals surface area contributed by atoms with Gasteiger partial charge in [0.15, 0.2) is 0 Å². The number of carboxylic acids is 1. The van der Waals surface area contributed by atoms with E-state index in [1.54, 1.807) is 4.90 Å². The van der Waals surface area contributed by atoms with E-state index in [1.165, 1.54) is 6.92 Å². The summed E-state index contributed by atoms with van der Waals surface area (Å²) in [6.45, 7) is 4.43. The fourth-order valence-electron chi connectivity index (χ4n) is 1.84. The molecule has 0 saturated heterocycles. The van der Waals surface area contributed by atoms with Crippen molar-refractivity contribution in [1.82, 2.24) is 4.90 Å². The topological polar surface area (TPSA) is 60.4 Å². The van der Waals surface area contributed by atoms with Gasteiger partial charge in [0.25, 0.3) is 0 Å². The standard InChI is InChI=1S/C11H22N2O3/c1-6-12(9(2)14)10(7-11(15)16)8-13(3,4)5/h10H,6-8H2,1-5H3/t10-/m1/s1. The molecule has 0 bridgehead atoms. The predicted octanol–water partition coefficient (Wildman–Crippen LogP) is -0.930. The highest BCUT2D eigenvalue weighted by Crippen LogP contribution is 2.08. The minimum atomic E-state index is -1.11. The molecule has 0 aliphatic rings. The predicted molar refractivity (Wildman–Crippen MR) is 59.4 cm³/mol. The maximum absolute atomic E-state index is 11.4. The number of amides is 1. The van der Waals surface area contributed by atoms with Gasteiger partial charge in [-0.3, -0.25) is 4.79 Å². The molecule has 5 nitrogen and oxygen atoms in total. The highest BCUT2D eigenvalue weighted by molar-refractivity contribution is 5.74. The average molecular weight is 230 g/mol. The maximum Gasteiger partial charge on any atom is 0.219 e. The van der Waals surface area contributed by atoms with Crippen molar-refractivity contribution in [2.45, 2.75) is 26.3 Å². The molecule has 0 saturated carbocycles. The first kappa shape index (κ1) is 14.9. The molecule has 0 aromatic heterocycles. The van der Waals surface area contributed by atoms with Crippen molar-refractivity contribution in [3.05, 3.63) is 0 Å². The van der Waals surface area contributed by atoms with Gasteiger partial charge < -0.3 is 19.3 Å². The third kappa shape index (κ3) is 5.70. The van der Waals surface area contributed by atoms with E-state index in [-0.39, 0.29) is 18.4 Å². The van der Waals surface area contributed by atoms with E-state index in [0.717, 1.165) is 0 Å². The molecule has 0 rings (SSSR count). The monoisotopic (exact) mass is 230 g/mol. The Morgan fingerprint density at radius 2 is 1.81 bits per heavy atom. The lowest BCUT2D eigenvalue weighted by Gasteiger charge is -2.35. The van der Waals surface area contributed by atoms with E-state index < -0.39 is 5.97 Å². The van der Waals surface area contributed by atoms with Crippen molar-refractivity contribution < 1.29 is 19.2 Å². The Labute approximate surface area is 97.2 Å². The van der Waals surface area contributed by atoms with E-state index in [0.29, 0.717) is 17.6 Å². The van der Waals surface area contributed by atoms with Gasteiger partial charge in [-0.1, -0.05) is 0 Å². The van der Waals surface area contributed by atoms with Gasteiger partial charge in [0.2, 0.25) is 5.91 Å². The minimum absolute atomic E-state index is 0.0952. The van der Waals surface area contributed by atoms with Crippen LogP contribution in [0.1, 0.15) is 20.3 Å². The van der Waals surface area contributed by atoms with Crippen molar-refractivity contribution in [3.63, 3.8) is 0 Å². The SMILES string of the molecule is CCN(C(C)=O)[C@H](CC(=O)[O-])C[N+](C)(C)C. The van der Waals surface area contributed by atoms with E-state index in [4.69, 9.17) is 0 Å². The summed E-state index contributed by atoms with van der Waals surface area (Å²) >= 11 is 0. The smallest absolute Gasteiger partial charge is 0.219 e. The molecule has 1 atom stereocenters. The molecule has 0 aliphatic carbocycles. The maximum atomic E-state index is 11.4. The number of carboxylic acid groups (broad SMARTS) is 1. The number of quaternary nitrogens is 1. The largest absolute Gasteiger partial charge is 0.550 e. The molecule has 0 aromatic carbocycles. The van der Waals surface area contributed by atoms with E-state index in [1.807, 2.05) is 28.1 Å². The molecule has 0 spiro atoms. The van der Waals surface area contributed by atoms with E-state index >= 15 is 0 Å². The van der Waals surface area contributed by atoms with Crippen molar-refractivity contribution in [2.75, 3.05) is 34.2 Å². The second-order valence-electron chi connectivity index (χ2n) is 5.01. The summed E-state index contributed by atoms with van der Waals surface area (Å²) in [4.78, 5) is 23.7. The van der Waals surface area contributed by atoms with Crippen molar-refractivity contribution in [1.29, 1.82) is 0 Å². The summed E-state index contributed by atoms with van der Waals surface area (Å²) in [5.41, 5.74) is 0. The Bertz CT molecular complexity index is 258. The summed E-state index contributed by atoms with van der Waals surface area (Å²) < 4.78 is 0.613. The molecule has 0 fully saturated rings. The Kier molecular flexibility index (Phi) is 5.44. The van der Waals surface area contributed by atoms with Crippen LogP contribution < -0.4 is 5.11 Å². The van der Waals surface area contributed by atoms with Gasteiger partial charge in [-0.25, -0.2) is 0 Å². The lowest BCUT2D eigenvalue weighted by atomic mass is 10.1. The van der Waals surface area contributed by atoms with Gasteiger partial charge >= 0.3 is 0 Å². The number of carbonyl (C=O) groups is 2. The molecule has 0 aliphatic heterocycles. The van der Waals surface area contributed by atoms with Crippen LogP contribution in [0.25, 0.3) is 0 Å². The van der Waals surface area contributed by atoms with Gasteiger partial charge in [-0.05, 0) is 6.92 Å². The van der Waals surface area contributed by atoms with Crippen LogP contribution in [-0.4, -0.2) is 61.5 Å². The van der Waals surface area contributed by atoms with Crippen molar-refractivity contribution >= 4 is 11.9 Å². The van der Waals surface area contributed by atoms with Gasteiger partial charge in [0, 0.05) is 25.9 Å². The highest BCUT2D eigenvalue weighted by Gasteiger charge is 2.25. The first-order valence-corrected chi connectivity index (χ1v) is 5.45. The lowest BCUT2D eigenvalue weighted by Crippen LogP contribution is -2.52. The summed E-state index contributed by atoms with van der Waals surface area (Å²) in [6, 6.07) is -0.299. The van der Waals surface area contributed by atoms with Crippen LogP contribution in [0, 0.1) is 0 Å². The van der Waals surface area contributed by atoms with Crippen LogP contribution >= 0.6 is 0 Å². The van der Waals surface area contributed by atoms with Gasteiger partial charge in [0.05, 0.1) is 33.7 Å². The normalized spacial score (nSPS) is 13.3. The molecule has 0 radical (unpaired) electrons. The fraction of sp³-hybridized carbons (Fsp3) is 0.818.